The molecule has 1 heterocycles. The zero-order valence-electron chi connectivity index (χ0n) is 14.5. The van der Waals surface area contributed by atoms with Crippen molar-refractivity contribution < 1.29 is 4.79 Å². The van der Waals surface area contributed by atoms with Gasteiger partial charge in [0, 0.05) is 29.6 Å². The highest BCUT2D eigenvalue weighted by Gasteiger charge is 2.37. The first-order valence-corrected chi connectivity index (χ1v) is 9.74. The predicted molar refractivity (Wildman–Crippen MR) is 103 cm³/mol. The van der Waals surface area contributed by atoms with Gasteiger partial charge in [0.25, 0.3) is 0 Å². The molecule has 2 aromatic rings. The molecule has 0 spiro atoms. The molecule has 1 saturated carbocycles. The van der Waals surface area contributed by atoms with E-state index in [4.69, 9.17) is 11.6 Å². The van der Waals surface area contributed by atoms with Crippen molar-refractivity contribution in [1.29, 1.82) is 0 Å². The molecular formula is C22H24ClNO. The Morgan fingerprint density at radius 1 is 0.920 bits per heavy atom. The maximum absolute atomic E-state index is 12.9. The number of fused-ring (bicyclic) bond motifs is 1. The molecule has 0 bridgehead atoms. The summed E-state index contributed by atoms with van der Waals surface area (Å²) in [4.78, 5) is 15.3. The van der Waals surface area contributed by atoms with E-state index in [9.17, 15) is 4.79 Å². The van der Waals surface area contributed by atoms with Crippen LogP contribution >= 0.6 is 11.6 Å². The molecule has 1 aliphatic carbocycles. The Morgan fingerprint density at radius 2 is 1.72 bits per heavy atom. The van der Waals surface area contributed by atoms with Crippen LogP contribution in [0.25, 0.3) is 0 Å². The van der Waals surface area contributed by atoms with Gasteiger partial charge in [-0.3, -0.25) is 4.79 Å². The molecule has 0 amide bonds. The molecular weight excluding hydrogens is 330 g/mol. The van der Waals surface area contributed by atoms with Crippen LogP contribution in [-0.2, 0) is 11.2 Å². The molecule has 3 heteroatoms. The first kappa shape index (κ1) is 16.7. The maximum atomic E-state index is 12.9. The molecule has 2 atom stereocenters. The lowest BCUT2D eigenvalue weighted by atomic mass is 9.80. The van der Waals surface area contributed by atoms with Crippen LogP contribution in [-0.4, -0.2) is 12.3 Å². The first-order valence-electron chi connectivity index (χ1n) is 9.37. The van der Waals surface area contributed by atoms with E-state index < -0.39 is 0 Å². The molecule has 0 N–H and O–H groups in total. The largest absolute Gasteiger partial charge is 0.363 e. The second-order valence-corrected chi connectivity index (χ2v) is 7.67. The molecule has 0 radical (unpaired) electrons. The Balaban J connectivity index is 1.77. The first-order chi connectivity index (χ1) is 12.2. The van der Waals surface area contributed by atoms with Gasteiger partial charge in [-0.05, 0) is 54.7 Å². The normalized spacial score (nSPS) is 23.9. The molecule has 130 valence electrons. The number of hydrogen-bond donors (Lipinski definition) is 0. The summed E-state index contributed by atoms with van der Waals surface area (Å²) in [6, 6.07) is 16.9. The fourth-order valence-electron chi connectivity index (χ4n) is 4.48. The standard InChI is InChI=1S/C22H24ClNO/c23-17-10-12-18(13-11-17)24-15-14-16-6-4-5-7-19(16)22(24)20-8-2-1-3-9-21(20)25/h4-7,10-13,20,22H,1-3,8-9,14-15H2. The number of hydrogen-bond acceptors (Lipinski definition) is 2. The van der Waals surface area contributed by atoms with E-state index in [1.54, 1.807) is 0 Å². The van der Waals surface area contributed by atoms with E-state index in [2.05, 4.69) is 41.3 Å². The maximum Gasteiger partial charge on any atom is 0.138 e. The summed E-state index contributed by atoms with van der Waals surface area (Å²) < 4.78 is 0. The van der Waals surface area contributed by atoms with Crippen LogP contribution in [0.3, 0.4) is 0 Å². The second kappa shape index (κ2) is 7.21. The summed E-state index contributed by atoms with van der Waals surface area (Å²) in [5, 5.41) is 0.753. The third kappa shape index (κ3) is 3.32. The fourth-order valence-corrected chi connectivity index (χ4v) is 4.60. The Bertz CT molecular complexity index is 755. The molecule has 1 fully saturated rings. The second-order valence-electron chi connectivity index (χ2n) is 7.24. The monoisotopic (exact) mass is 353 g/mol. The minimum Gasteiger partial charge on any atom is -0.363 e. The van der Waals surface area contributed by atoms with Gasteiger partial charge in [-0.2, -0.15) is 0 Å². The van der Waals surface area contributed by atoms with Crippen LogP contribution in [0.4, 0.5) is 5.69 Å². The van der Waals surface area contributed by atoms with Crippen LogP contribution in [0, 0.1) is 5.92 Å². The van der Waals surface area contributed by atoms with Crippen molar-refractivity contribution in [1.82, 2.24) is 0 Å². The van der Waals surface area contributed by atoms with E-state index in [0.29, 0.717) is 5.78 Å². The quantitative estimate of drug-likeness (QED) is 0.655. The zero-order chi connectivity index (χ0) is 17.2. The topological polar surface area (TPSA) is 20.3 Å². The van der Waals surface area contributed by atoms with Crippen molar-refractivity contribution >= 4 is 23.1 Å². The molecule has 4 rings (SSSR count). The highest BCUT2D eigenvalue weighted by molar-refractivity contribution is 6.30. The van der Waals surface area contributed by atoms with E-state index >= 15 is 0 Å². The number of carbonyl (C=O) groups is 1. The van der Waals surface area contributed by atoms with Crippen molar-refractivity contribution in [3.8, 4) is 0 Å². The van der Waals surface area contributed by atoms with Crippen LogP contribution in [0.5, 0.6) is 0 Å². The van der Waals surface area contributed by atoms with Gasteiger partial charge in [0.1, 0.15) is 5.78 Å². The summed E-state index contributed by atoms with van der Waals surface area (Å²) >= 11 is 6.09. The van der Waals surface area contributed by atoms with Crippen LogP contribution < -0.4 is 4.90 Å². The molecule has 2 nitrogen and oxygen atoms in total. The van der Waals surface area contributed by atoms with Gasteiger partial charge in [-0.15, -0.1) is 0 Å². The number of ketones is 1. The average molecular weight is 354 g/mol. The van der Waals surface area contributed by atoms with Gasteiger partial charge in [0.15, 0.2) is 0 Å². The molecule has 2 aromatic carbocycles. The lowest BCUT2D eigenvalue weighted by Crippen LogP contribution is -2.41. The number of nitrogens with zero attached hydrogens (tertiary/aromatic N) is 1. The third-order valence-electron chi connectivity index (χ3n) is 5.72. The smallest absolute Gasteiger partial charge is 0.138 e. The summed E-state index contributed by atoms with van der Waals surface area (Å²) in [7, 11) is 0. The van der Waals surface area contributed by atoms with E-state index in [1.807, 2.05) is 12.1 Å². The van der Waals surface area contributed by atoms with Gasteiger partial charge in [0.2, 0.25) is 0 Å². The Kier molecular flexibility index (Phi) is 4.80. The SMILES string of the molecule is O=C1CCCCCC1C1c2ccccc2CCN1c1ccc(Cl)cc1. The van der Waals surface area contributed by atoms with E-state index in [1.165, 1.54) is 23.2 Å². The lowest BCUT2D eigenvalue weighted by Gasteiger charge is -2.42. The van der Waals surface area contributed by atoms with Gasteiger partial charge < -0.3 is 4.90 Å². The molecule has 2 aliphatic rings. The van der Waals surface area contributed by atoms with Gasteiger partial charge in [-0.1, -0.05) is 48.7 Å². The Labute approximate surface area is 154 Å². The van der Waals surface area contributed by atoms with E-state index in [0.717, 1.165) is 43.7 Å². The third-order valence-corrected chi connectivity index (χ3v) is 5.97. The van der Waals surface area contributed by atoms with Crippen molar-refractivity contribution in [2.75, 3.05) is 11.4 Å². The Hall–Kier alpha value is -1.80. The van der Waals surface area contributed by atoms with Gasteiger partial charge in [0.05, 0.1) is 6.04 Å². The molecule has 25 heavy (non-hydrogen) atoms. The number of halogens is 1. The number of benzene rings is 2. The number of carbonyl (C=O) groups excluding carboxylic acids is 1. The molecule has 2 unspecified atom stereocenters. The lowest BCUT2D eigenvalue weighted by molar-refractivity contribution is -0.123. The molecule has 0 saturated heterocycles. The van der Waals surface area contributed by atoms with Crippen molar-refractivity contribution in [3.63, 3.8) is 0 Å². The fraction of sp³-hybridized carbons (Fsp3) is 0.409. The van der Waals surface area contributed by atoms with Gasteiger partial charge >= 0.3 is 0 Å². The summed E-state index contributed by atoms with van der Waals surface area (Å²) in [5.41, 5.74) is 3.90. The Morgan fingerprint density at radius 3 is 2.56 bits per heavy atom. The van der Waals surface area contributed by atoms with Gasteiger partial charge in [-0.25, -0.2) is 0 Å². The minimum atomic E-state index is 0.0969. The molecule has 1 aliphatic heterocycles. The zero-order valence-corrected chi connectivity index (χ0v) is 15.2. The molecule has 0 aromatic heterocycles. The van der Waals surface area contributed by atoms with E-state index in [-0.39, 0.29) is 12.0 Å². The summed E-state index contributed by atoms with van der Waals surface area (Å²) in [6.07, 6.45) is 6.14. The van der Waals surface area contributed by atoms with Crippen LogP contribution in [0.15, 0.2) is 48.5 Å². The van der Waals surface area contributed by atoms with Crippen molar-refractivity contribution in [3.05, 3.63) is 64.7 Å². The number of Topliss-reactive ketones (excluding diaryl/α,β-unsaturated/α-hetero) is 1. The number of anilines is 1. The highest BCUT2D eigenvalue weighted by atomic mass is 35.5. The van der Waals surface area contributed by atoms with Crippen molar-refractivity contribution in [2.45, 2.75) is 44.6 Å². The van der Waals surface area contributed by atoms with Crippen LogP contribution in [0.2, 0.25) is 5.02 Å². The summed E-state index contributed by atoms with van der Waals surface area (Å²) in [5.74, 6) is 0.540. The van der Waals surface area contributed by atoms with Crippen LogP contribution in [0.1, 0.15) is 49.3 Å². The number of rotatable bonds is 2. The van der Waals surface area contributed by atoms with Crippen molar-refractivity contribution in [2.24, 2.45) is 5.92 Å². The highest BCUT2D eigenvalue weighted by Crippen LogP contribution is 2.42. The minimum absolute atomic E-state index is 0.0969. The summed E-state index contributed by atoms with van der Waals surface area (Å²) in [6.45, 7) is 0.951. The average Bonchev–Trinajstić information content (AvgIpc) is 2.86. The predicted octanol–water partition coefficient (Wildman–Crippen LogP) is 5.59.